The van der Waals surface area contributed by atoms with Gasteiger partial charge in [-0.25, -0.2) is 4.98 Å². The first-order chi connectivity index (χ1) is 13.2. The van der Waals surface area contributed by atoms with Crippen molar-refractivity contribution in [2.24, 2.45) is 0 Å². The average Bonchev–Trinajstić information content (AvgIpc) is 3.20. The number of ether oxygens (including phenoxy) is 2. The Kier molecular flexibility index (Phi) is 5.29. The van der Waals surface area contributed by atoms with E-state index in [1.165, 1.54) is 15.9 Å². The summed E-state index contributed by atoms with van der Waals surface area (Å²) >= 11 is 1.49. The maximum Gasteiger partial charge on any atom is 0.230 e. The standard InChI is InChI=1S/C19H24N4O3S/c1-3-10-26-15-6-4-14(5-7-15)16(22-8-11-25-12-9-22)17-18(24)23-19(27-17)20-13(2)21-23/h4-7,16,24H,3,8-12H2,1-2H3. The maximum absolute atomic E-state index is 10.8. The zero-order valence-electron chi connectivity index (χ0n) is 15.6. The van der Waals surface area contributed by atoms with Crippen molar-refractivity contribution in [3.05, 3.63) is 40.5 Å². The van der Waals surface area contributed by atoms with E-state index in [1.807, 2.05) is 19.1 Å². The fraction of sp³-hybridized carbons (Fsp3) is 0.474. The van der Waals surface area contributed by atoms with Gasteiger partial charge in [-0.2, -0.15) is 4.52 Å². The topological polar surface area (TPSA) is 72.1 Å². The van der Waals surface area contributed by atoms with Gasteiger partial charge in [0.25, 0.3) is 0 Å². The van der Waals surface area contributed by atoms with E-state index in [4.69, 9.17) is 9.47 Å². The number of aryl methyl sites for hydroxylation is 1. The number of aromatic hydroxyl groups is 1. The monoisotopic (exact) mass is 388 g/mol. The van der Waals surface area contributed by atoms with E-state index in [0.717, 1.165) is 35.7 Å². The molecule has 4 rings (SSSR count). The molecular weight excluding hydrogens is 364 g/mol. The zero-order chi connectivity index (χ0) is 18.8. The number of morpholine rings is 1. The number of hydrogen-bond donors (Lipinski definition) is 1. The fourth-order valence-corrected chi connectivity index (χ4v) is 4.52. The van der Waals surface area contributed by atoms with Crippen LogP contribution in [0.15, 0.2) is 24.3 Å². The fourth-order valence-electron chi connectivity index (χ4n) is 3.36. The van der Waals surface area contributed by atoms with Gasteiger partial charge in [-0.1, -0.05) is 30.4 Å². The van der Waals surface area contributed by atoms with Crippen LogP contribution in [-0.4, -0.2) is 57.5 Å². The van der Waals surface area contributed by atoms with E-state index in [2.05, 4.69) is 34.0 Å². The predicted octanol–water partition coefficient (Wildman–Crippen LogP) is 3.02. The molecule has 1 unspecified atom stereocenters. The summed E-state index contributed by atoms with van der Waals surface area (Å²) in [7, 11) is 0. The highest BCUT2D eigenvalue weighted by atomic mass is 32.1. The van der Waals surface area contributed by atoms with Crippen LogP contribution in [0, 0.1) is 6.92 Å². The lowest BCUT2D eigenvalue weighted by atomic mass is 10.0. The van der Waals surface area contributed by atoms with E-state index in [-0.39, 0.29) is 11.9 Å². The van der Waals surface area contributed by atoms with Crippen molar-refractivity contribution in [2.45, 2.75) is 26.3 Å². The van der Waals surface area contributed by atoms with Gasteiger partial charge in [-0.3, -0.25) is 4.90 Å². The summed E-state index contributed by atoms with van der Waals surface area (Å²) in [4.78, 5) is 8.31. The molecule has 1 N–H and O–H groups in total. The molecule has 1 fully saturated rings. The van der Waals surface area contributed by atoms with Crippen molar-refractivity contribution in [1.29, 1.82) is 0 Å². The van der Waals surface area contributed by atoms with Crippen molar-refractivity contribution in [3.63, 3.8) is 0 Å². The van der Waals surface area contributed by atoms with Crippen molar-refractivity contribution in [2.75, 3.05) is 32.9 Å². The molecule has 144 valence electrons. The molecule has 1 atom stereocenters. The largest absolute Gasteiger partial charge is 0.494 e. The van der Waals surface area contributed by atoms with Crippen LogP contribution in [0.4, 0.5) is 0 Å². The molecule has 1 aliphatic heterocycles. The van der Waals surface area contributed by atoms with Gasteiger partial charge in [0, 0.05) is 13.1 Å². The van der Waals surface area contributed by atoms with E-state index < -0.39 is 0 Å². The van der Waals surface area contributed by atoms with E-state index in [9.17, 15) is 5.11 Å². The summed E-state index contributed by atoms with van der Waals surface area (Å²) in [5.74, 6) is 1.69. The van der Waals surface area contributed by atoms with Gasteiger partial charge in [0.2, 0.25) is 10.8 Å². The van der Waals surface area contributed by atoms with Crippen LogP contribution in [0.1, 0.15) is 35.7 Å². The van der Waals surface area contributed by atoms with Gasteiger partial charge in [-0.15, -0.1) is 5.10 Å². The summed E-state index contributed by atoms with van der Waals surface area (Å²) < 4.78 is 12.8. The van der Waals surface area contributed by atoms with Gasteiger partial charge in [0.1, 0.15) is 11.6 Å². The van der Waals surface area contributed by atoms with E-state index in [1.54, 1.807) is 0 Å². The van der Waals surface area contributed by atoms with Gasteiger partial charge in [0.15, 0.2) is 0 Å². The molecule has 0 spiro atoms. The number of rotatable bonds is 6. The van der Waals surface area contributed by atoms with Crippen molar-refractivity contribution in [3.8, 4) is 11.6 Å². The first-order valence-electron chi connectivity index (χ1n) is 9.27. The van der Waals surface area contributed by atoms with Crippen molar-refractivity contribution >= 4 is 16.3 Å². The normalized spacial score (nSPS) is 16.7. The molecule has 8 heteroatoms. The van der Waals surface area contributed by atoms with Gasteiger partial charge in [0.05, 0.1) is 30.7 Å². The minimum atomic E-state index is -0.0667. The third kappa shape index (κ3) is 3.65. The Labute approximate surface area is 162 Å². The first-order valence-corrected chi connectivity index (χ1v) is 10.1. The smallest absolute Gasteiger partial charge is 0.230 e. The highest BCUT2D eigenvalue weighted by molar-refractivity contribution is 7.17. The second-order valence-electron chi connectivity index (χ2n) is 6.61. The molecule has 3 aromatic rings. The predicted molar refractivity (Wildman–Crippen MR) is 104 cm³/mol. The summed E-state index contributed by atoms with van der Waals surface area (Å²) in [5.41, 5.74) is 1.11. The SMILES string of the molecule is CCCOc1ccc(C(c2sc3nc(C)nn3c2O)N2CCOCC2)cc1. The summed E-state index contributed by atoms with van der Waals surface area (Å²) in [6, 6.07) is 8.08. The molecule has 1 saturated heterocycles. The molecule has 0 bridgehead atoms. The van der Waals surface area contributed by atoms with E-state index in [0.29, 0.717) is 30.6 Å². The molecule has 0 aliphatic carbocycles. The summed E-state index contributed by atoms with van der Waals surface area (Å²) in [5, 5.41) is 15.1. The van der Waals surface area contributed by atoms with Crippen LogP contribution in [-0.2, 0) is 4.74 Å². The second-order valence-corrected chi connectivity index (χ2v) is 7.62. The molecule has 1 aromatic carbocycles. The first kappa shape index (κ1) is 18.2. The number of nitrogens with zero attached hydrogens (tertiary/aromatic N) is 4. The van der Waals surface area contributed by atoms with Crippen LogP contribution in [0.5, 0.6) is 11.6 Å². The highest BCUT2D eigenvalue weighted by Crippen LogP contribution is 2.40. The zero-order valence-corrected chi connectivity index (χ0v) is 16.4. The maximum atomic E-state index is 10.8. The number of benzene rings is 1. The van der Waals surface area contributed by atoms with Crippen LogP contribution >= 0.6 is 11.3 Å². The number of hydrogen-bond acceptors (Lipinski definition) is 7. The Morgan fingerprint density at radius 1 is 1.26 bits per heavy atom. The lowest BCUT2D eigenvalue weighted by molar-refractivity contribution is 0.0241. The molecular formula is C19H24N4O3S. The average molecular weight is 388 g/mol. The number of aromatic nitrogens is 3. The Morgan fingerprint density at radius 2 is 2.00 bits per heavy atom. The molecule has 27 heavy (non-hydrogen) atoms. The molecule has 3 heterocycles. The molecule has 7 nitrogen and oxygen atoms in total. The molecule has 2 aromatic heterocycles. The molecule has 0 amide bonds. The highest BCUT2D eigenvalue weighted by Gasteiger charge is 2.30. The molecule has 1 aliphatic rings. The minimum absolute atomic E-state index is 0.0667. The Morgan fingerprint density at radius 3 is 2.67 bits per heavy atom. The van der Waals surface area contributed by atoms with Gasteiger partial charge < -0.3 is 14.6 Å². The third-order valence-corrected chi connectivity index (χ3v) is 5.71. The molecule has 0 radical (unpaired) electrons. The van der Waals surface area contributed by atoms with Crippen molar-refractivity contribution in [1.82, 2.24) is 19.5 Å². The van der Waals surface area contributed by atoms with Crippen LogP contribution in [0.25, 0.3) is 4.96 Å². The minimum Gasteiger partial charge on any atom is -0.494 e. The number of fused-ring (bicyclic) bond motifs is 1. The quantitative estimate of drug-likeness (QED) is 0.700. The van der Waals surface area contributed by atoms with Gasteiger partial charge in [-0.05, 0) is 31.0 Å². The summed E-state index contributed by atoms with van der Waals surface area (Å²) in [6.45, 7) is 7.63. The number of thiazole rings is 1. The lowest BCUT2D eigenvalue weighted by Crippen LogP contribution is -2.39. The van der Waals surface area contributed by atoms with Crippen LogP contribution in [0.2, 0.25) is 0 Å². The second kappa shape index (κ2) is 7.84. The Balaban J connectivity index is 1.72. The van der Waals surface area contributed by atoms with Crippen LogP contribution < -0.4 is 4.74 Å². The van der Waals surface area contributed by atoms with Crippen LogP contribution in [0.3, 0.4) is 0 Å². The third-order valence-electron chi connectivity index (χ3n) is 4.63. The van der Waals surface area contributed by atoms with E-state index >= 15 is 0 Å². The van der Waals surface area contributed by atoms with Gasteiger partial charge >= 0.3 is 0 Å². The van der Waals surface area contributed by atoms with Crippen molar-refractivity contribution < 1.29 is 14.6 Å². The Hall–Kier alpha value is -2.16. The summed E-state index contributed by atoms with van der Waals surface area (Å²) in [6.07, 6.45) is 0.980. The Bertz CT molecular complexity index is 900. The lowest BCUT2D eigenvalue weighted by Gasteiger charge is -2.34. The molecule has 0 saturated carbocycles.